The first-order chi connectivity index (χ1) is 7.52. The van der Waals surface area contributed by atoms with Gasteiger partial charge in [-0.2, -0.15) is 0 Å². The Morgan fingerprint density at radius 3 is 2.75 bits per heavy atom. The SMILES string of the molecule is C/C=C1/C(Cl)=C(C(=O)OCC)C(Cl)=CN1N. The van der Waals surface area contributed by atoms with Gasteiger partial charge in [0.2, 0.25) is 0 Å². The molecule has 1 heterocycles. The van der Waals surface area contributed by atoms with E-state index in [0.717, 1.165) is 0 Å². The average Bonchev–Trinajstić information content (AvgIpc) is 2.17. The molecule has 0 amide bonds. The van der Waals surface area contributed by atoms with Crippen molar-refractivity contribution < 1.29 is 9.53 Å². The molecular weight excluding hydrogens is 251 g/mol. The van der Waals surface area contributed by atoms with Crippen molar-refractivity contribution in [1.29, 1.82) is 0 Å². The van der Waals surface area contributed by atoms with Gasteiger partial charge in [-0.15, -0.1) is 0 Å². The number of carbonyl (C=O) groups is 1. The maximum atomic E-state index is 11.6. The van der Waals surface area contributed by atoms with Gasteiger partial charge < -0.3 is 4.74 Å². The molecule has 0 spiro atoms. The standard InChI is InChI=1S/C10H12Cl2N2O2/c1-3-7-9(12)8(10(15)16-4-2)6(11)5-14(7)13/h3,5H,4,13H2,1-2H3/b7-3-. The second-order valence-corrected chi connectivity index (χ2v) is 3.75. The molecule has 0 saturated carbocycles. The van der Waals surface area contributed by atoms with Gasteiger partial charge in [-0.25, -0.2) is 10.6 Å². The molecule has 0 bridgehead atoms. The van der Waals surface area contributed by atoms with Crippen LogP contribution >= 0.6 is 23.2 Å². The Morgan fingerprint density at radius 2 is 2.25 bits per heavy atom. The molecule has 1 rings (SSSR count). The van der Waals surface area contributed by atoms with E-state index in [1.54, 1.807) is 19.9 Å². The Hall–Kier alpha value is -0.970. The molecule has 1 aliphatic rings. The van der Waals surface area contributed by atoms with Gasteiger partial charge >= 0.3 is 5.97 Å². The number of rotatable bonds is 2. The highest BCUT2D eigenvalue weighted by atomic mass is 35.5. The summed E-state index contributed by atoms with van der Waals surface area (Å²) in [4.78, 5) is 11.6. The molecule has 0 aliphatic carbocycles. The van der Waals surface area contributed by atoms with Gasteiger partial charge in [-0.1, -0.05) is 29.3 Å². The summed E-state index contributed by atoms with van der Waals surface area (Å²) in [5.74, 6) is 5.09. The highest BCUT2D eigenvalue weighted by Crippen LogP contribution is 2.33. The van der Waals surface area contributed by atoms with Crippen LogP contribution in [0.5, 0.6) is 0 Å². The first-order valence-electron chi connectivity index (χ1n) is 4.68. The lowest BCUT2D eigenvalue weighted by Gasteiger charge is -2.24. The van der Waals surface area contributed by atoms with Crippen LogP contribution in [0.4, 0.5) is 0 Å². The van der Waals surface area contributed by atoms with Crippen LogP contribution in [0.25, 0.3) is 0 Å². The average molecular weight is 263 g/mol. The molecular formula is C10H12Cl2N2O2. The zero-order valence-electron chi connectivity index (χ0n) is 8.96. The van der Waals surface area contributed by atoms with E-state index in [9.17, 15) is 4.79 Å². The normalized spacial score (nSPS) is 18.9. The summed E-state index contributed by atoms with van der Waals surface area (Å²) in [5, 5.41) is 1.61. The third-order valence-corrected chi connectivity index (χ3v) is 2.64. The predicted molar refractivity (Wildman–Crippen MR) is 63.2 cm³/mol. The van der Waals surface area contributed by atoms with Crippen LogP contribution in [0.2, 0.25) is 0 Å². The van der Waals surface area contributed by atoms with Gasteiger partial charge in [-0.3, -0.25) is 5.01 Å². The largest absolute Gasteiger partial charge is 0.462 e. The number of hydrogen-bond acceptors (Lipinski definition) is 4. The smallest absolute Gasteiger partial charge is 0.341 e. The molecule has 0 saturated heterocycles. The highest BCUT2D eigenvalue weighted by molar-refractivity contribution is 6.40. The first kappa shape index (κ1) is 13.1. The van der Waals surface area contributed by atoms with Crippen LogP contribution in [0.15, 0.2) is 33.6 Å². The molecule has 6 heteroatoms. The second kappa shape index (κ2) is 5.39. The lowest BCUT2D eigenvalue weighted by Crippen LogP contribution is -2.29. The third-order valence-electron chi connectivity index (χ3n) is 1.97. The molecule has 0 aromatic heterocycles. The summed E-state index contributed by atoms with van der Waals surface area (Å²) < 4.78 is 4.86. The number of hydrogen-bond donors (Lipinski definition) is 1. The number of ether oxygens (including phenoxy) is 1. The van der Waals surface area contributed by atoms with E-state index in [1.165, 1.54) is 11.2 Å². The molecule has 0 fully saturated rings. The fraction of sp³-hybridized carbons (Fsp3) is 0.300. The number of allylic oxidation sites excluding steroid dienone is 2. The first-order valence-corrected chi connectivity index (χ1v) is 5.43. The molecule has 0 radical (unpaired) electrons. The Balaban J connectivity index is 3.19. The Bertz CT molecular complexity index is 400. The van der Waals surface area contributed by atoms with Crippen molar-refractivity contribution in [3.05, 3.63) is 33.6 Å². The molecule has 0 atom stereocenters. The van der Waals surface area contributed by atoms with Gasteiger partial charge in [0.15, 0.2) is 0 Å². The minimum Gasteiger partial charge on any atom is -0.462 e. The van der Waals surface area contributed by atoms with Gasteiger partial charge in [0.05, 0.1) is 22.4 Å². The van der Waals surface area contributed by atoms with Crippen molar-refractivity contribution >= 4 is 29.2 Å². The van der Waals surface area contributed by atoms with Crippen molar-refractivity contribution in [1.82, 2.24) is 5.01 Å². The quantitative estimate of drug-likeness (QED) is 0.613. The van der Waals surface area contributed by atoms with Gasteiger partial charge in [0, 0.05) is 6.20 Å². The van der Waals surface area contributed by atoms with Crippen molar-refractivity contribution in [3.63, 3.8) is 0 Å². The maximum Gasteiger partial charge on any atom is 0.341 e. The van der Waals surface area contributed by atoms with E-state index in [2.05, 4.69) is 0 Å². The monoisotopic (exact) mass is 262 g/mol. The topological polar surface area (TPSA) is 55.6 Å². The lowest BCUT2D eigenvalue weighted by molar-refractivity contribution is -0.138. The Labute approximate surface area is 104 Å². The third kappa shape index (κ3) is 2.40. The summed E-state index contributed by atoms with van der Waals surface area (Å²) in [7, 11) is 0. The van der Waals surface area contributed by atoms with Crippen molar-refractivity contribution in [2.45, 2.75) is 13.8 Å². The number of nitrogens with zero attached hydrogens (tertiary/aromatic N) is 1. The summed E-state index contributed by atoms with van der Waals surface area (Å²) >= 11 is 11.9. The minimum absolute atomic E-state index is 0.139. The van der Waals surface area contributed by atoms with Crippen LogP contribution in [0, 0.1) is 0 Å². The fourth-order valence-electron chi connectivity index (χ4n) is 1.27. The lowest BCUT2D eigenvalue weighted by atomic mass is 10.1. The molecule has 0 aromatic carbocycles. The van der Waals surface area contributed by atoms with Crippen LogP contribution in [-0.2, 0) is 9.53 Å². The van der Waals surface area contributed by atoms with Crippen LogP contribution in [0.3, 0.4) is 0 Å². The summed E-state index contributed by atoms with van der Waals surface area (Å²) in [6.07, 6.45) is 3.09. The van der Waals surface area contributed by atoms with E-state index in [0.29, 0.717) is 5.70 Å². The van der Waals surface area contributed by atoms with Crippen molar-refractivity contribution in [3.8, 4) is 0 Å². The highest BCUT2D eigenvalue weighted by Gasteiger charge is 2.27. The van der Waals surface area contributed by atoms with Crippen LogP contribution in [0.1, 0.15) is 13.8 Å². The number of halogens is 2. The molecule has 0 unspecified atom stereocenters. The zero-order valence-corrected chi connectivity index (χ0v) is 10.5. The fourth-order valence-corrected chi connectivity index (χ4v) is 1.98. The number of esters is 1. The molecule has 2 N–H and O–H groups in total. The second-order valence-electron chi connectivity index (χ2n) is 2.97. The van der Waals surface area contributed by atoms with Crippen LogP contribution < -0.4 is 5.84 Å². The van der Waals surface area contributed by atoms with Crippen molar-refractivity contribution in [2.75, 3.05) is 6.61 Å². The van der Waals surface area contributed by atoms with E-state index >= 15 is 0 Å². The predicted octanol–water partition coefficient (Wildman–Crippen LogP) is 2.22. The van der Waals surface area contributed by atoms with E-state index in [-0.39, 0.29) is 22.2 Å². The minimum atomic E-state index is -0.554. The summed E-state index contributed by atoms with van der Waals surface area (Å²) in [6, 6.07) is 0. The van der Waals surface area contributed by atoms with Crippen molar-refractivity contribution in [2.24, 2.45) is 5.84 Å². The molecule has 88 valence electrons. The molecule has 1 aliphatic heterocycles. The van der Waals surface area contributed by atoms with Gasteiger partial charge in [-0.05, 0) is 13.8 Å². The number of carbonyl (C=O) groups excluding carboxylic acids is 1. The molecule has 16 heavy (non-hydrogen) atoms. The maximum absolute atomic E-state index is 11.6. The Morgan fingerprint density at radius 1 is 1.62 bits per heavy atom. The van der Waals surface area contributed by atoms with Gasteiger partial charge in [0.1, 0.15) is 5.57 Å². The van der Waals surface area contributed by atoms with E-state index in [1.807, 2.05) is 0 Å². The number of nitrogens with two attached hydrogens (primary N) is 1. The van der Waals surface area contributed by atoms with Crippen LogP contribution in [-0.4, -0.2) is 17.6 Å². The van der Waals surface area contributed by atoms with E-state index in [4.69, 9.17) is 33.8 Å². The van der Waals surface area contributed by atoms with Gasteiger partial charge in [0.25, 0.3) is 0 Å². The zero-order chi connectivity index (χ0) is 12.3. The van der Waals surface area contributed by atoms with E-state index < -0.39 is 5.97 Å². The summed E-state index contributed by atoms with van der Waals surface area (Å²) in [6.45, 7) is 3.72. The Kier molecular flexibility index (Phi) is 4.41. The molecule has 4 nitrogen and oxygen atoms in total. The molecule has 0 aromatic rings. The summed E-state index contributed by atoms with van der Waals surface area (Å²) in [5.41, 5.74) is 0.647. The number of hydrazine groups is 1.